The summed E-state index contributed by atoms with van der Waals surface area (Å²) in [6, 6.07) is 0. The molecule has 0 spiro atoms. The van der Waals surface area contributed by atoms with Crippen LogP contribution in [0.3, 0.4) is 0 Å². The van der Waals surface area contributed by atoms with E-state index in [9.17, 15) is 20.4 Å². The van der Waals surface area contributed by atoms with E-state index >= 15 is 0 Å². The Morgan fingerprint density at radius 1 is 1.36 bits per heavy atom. The summed E-state index contributed by atoms with van der Waals surface area (Å²) < 4.78 is 0. The molecule has 3 aliphatic carbocycles. The number of hydrogen-bond acceptors (Lipinski definition) is 4. The Kier molecular flexibility index (Phi) is 1.24. The molecular weight excluding hydrogens is 184 g/mol. The van der Waals surface area contributed by atoms with E-state index in [1.807, 2.05) is 0 Å². The highest BCUT2D eigenvalue weighted by Gasteiger charge is 2.70. The average molecular weight is 196 g/mol. The van der Waals surface area contributed by atoms with Crippen LogP contribution in [0.2, 0.25) is 0 Å². The van der Waals surface area contributed by atoms with Gasteiger partial charge in [-0.1, -0.05) is 12.2 Å². The van der Waals surface area contributed by atoms with Gasteiger partial charge in [0, 0.05) is 5.92 Å². The molecular formula is C10H12O4. The fourth-order valence-corrected chi connectivity index (χ4v) is 3.19. The maximum absolute atomic E-state index is 10.2. The van der Waals surface area contributed by atoms with Crippen molar-refractivity contribution in [2.45, 2.75) is 23.7 Å². The van der Waals surface area contributed by atoms with Gasteiger partial charge in [0.15, 0.2) is 5.60 Å². The van der Waals surface area contributed by atoms with Gasteiger partial charge in [-0.05, 0) is 18.4 Å². The highest BCUT2D eigenvalue weighted by molar-refractivity contribution is 5.42. The minimum absolute atomic E-state index is 0.0547. The van der Waals surface area contributed by atoms with E-state index in [1.54, 1.807) is 6.08 Å². The highest BCUT2D eigenvalue weighted by Crippen LogP contribution is 2.59. The third-order valence-electron chi connectivity index (χ3n) is 3.86. The van der Waals surface area contributed by atoms with Gasteiger partial charge < -0.3 is 20.4 Å². The summed E-state index contributed by atoms with van der Waals surface area (Å²) in [5.74, 6) is -0.859. The van der Waals surface area contributed by atoms with E-state index in [2.05, 4.69) is 0 Å². The Labute approximate surface area is 80.8 Å². The van der Waals surface area contributed by atoms with E-state index in [-0.39, 0.29) is 11.7 Å². The molecule has 1 saturated carbocycles. The van der Waals surface area contributed by atoms with Crippen LogP contribution < -0.4 is 0 Å². The molecule has 0 saturated heterocycles. The Morgan fingerprint density at radius 2 is 2.07 bits per heavy atom. The Balaban J connectivity index is 2.19. The summed E-state index contributed by atoms with van der Waals surface area (Å²) in [4.78, 5) is 0. The number of aliphatic hydroxyl groups excluding tert-OH is 2. The van der Waals surface area contributed by atoms with Gasteiger partial charge in [-0.3, -0.25) is 0 Å². The van der Waals surface area contributed by atoms with Crippen LogP contribution in [0, 0.1) is 11.8 Å². The van der Waals surface area contributed by atoms with Gasteiger partial charge >= 0.3 is 0 Å². The number of hydrogen-bond donors (Lipinski definition) is 4. The number of fused-ring (bicyclic) bond motifs is 5. The maximum Gasteiger partial charge on any atom is 0.159 e. The summed E-state index contributed by atoms with van der Waals surface area (Å²) in [5, 5.41) is 39.6. The van der Waals surface area contributed by atoms with Crippen LogP contribution >= 0.6 is 0 Å². The second-order valence-corrected chi connectivity index (χ2v) is 4.49. The van der Waals surface area contributed by atoms with Crippen molar-refractivity contribution in [3.8, 4) is 0 Å². The molecule has 0 aromatic rings. The maximum atomic E-state index is 10.2. The molecule has 0 aromatic carbocycles. The predicted octanol–water partition coefficient (Wildman–Crippen LogP) is -0.529. The van der Waals surface area contributed by atoms with Crippen molar-refractivity contribution in [1.82, 2.24) is 0 Å². The van der Waals surface area contributed by atoms with Gasteiger partial charge in [0.2, 0.25) is 0 Å². The van der Waals surface area contributed by atoms with E-state index in [1.165, 1.54) is 12.2 Å². The summed E-state index contributed by atoms with van der Waals surface area (Å²) in [6.07, 6.45) is 4.05. The first-order valence-electron chi connectivity index (χ1n) is 4.72. The topological polar surface area (TPSA) is 80.9 Å². The Morgan fingerprint density at radius 3 is 2.71 bits per heavy atom. The molecule has 4 N–H and O–H groups in total. The number of allylic oxidation sites excluding steroid dienone is 1. The third kappa shape index (κ3) is 0.618. The summed E-state index contributed by atoms with van der Waals surface area (Å²) in [5.41, 5.74) is -3.08. The lowest BCUT2D eigenvalue weighted by Crippen LogP contribution is -2.54. The first-order chi connectivity index (χ1) is 6.49. The van der Waals surface area contributed by atoms with Gasteiger partial charge in [-0.25, -0.2) is 0 Å². The molecule has 5 unspecified atom stereocenters. The lowest BCUT2D eigenvalue weighted by Gasteiger charge is -2.37. The van der Waals surface area contributed by atoms with Gasteiger partial charge in [-0.15, -0.1) is 0 Å². The van der Waals surface area contributed by atoms with E-state index in [4.69, 9.17) is 0 Å². The largest absolute Gasteiger partial charge is 0.509 e. The minimum Gasteiger partial charge on any atom is -0.509 e. The number of aliphatic hydroxyl groups is 4. The molecule has 1 fully saturated rings. The molecule has 3 aliphatic rings. The van der Waals surface area contributed by atoms with Crippen molar-refractivity contribution in [3.63, 3.8) is 0 Å². The Hall–Kier alpha value is -0.840. The monoisotopic (exact) mass is 196 g/mol. The Bertz CT molecular complexity index is 361. The van der Waals surface area contributed by atoms with E-state index in [0.29, 0.717) is 6.42 Å². The van der Waals surface area contributed by atoms with Crippen molar-refractivity contribution >= 4 is 0 Å². The molecule has 4 nitrogen and oxygen atoms in total. The molecule has 2 bridgehead atoms. The van der Waals surface area contributed by atoms with Crippen LogP contribution in [0.15, 0.2) is 24.0 Å². The van der Waals surface area contributed by atoms with Crippen molar-refractivity contribution < 1.29 is 20.4 Å². The quantitative estimate of drug-likeness (QED) is 0.393. The van der Waals surface area contributed by atoms with Crippen LogP contribution in [-0.4, -0.2) is 37.7 Å². The van der Waals surface area contributed by atoms with Crippen molar-refractivity contribution in [2.24, 2.45) is 11.8 Å². The molecule has 3 rings (SSSR count). The SMILES string of the molecule is OC1=CC(O)C2C3C=CC(O)(C3)C12O. The normalized spacial score (nSPS) is 59.1. The van der Waals surface area contributed by atoms with Gasteiger partial charge in [0.05, 0.1) is 6.10 Å². The zero-order chi connectivity index (χ0) is 10.1. The zero-order valence-electron chi connectivity index (χ0n) is 7.46. The first-order valence-corrected chi connectivity index (χ1v) is 4.72. The predicted molar refractivity (Wildman–Crippen MR) is 47.4 cm³/mol. The lowest BCUT2D eigenvalue weighted by atomic mass is 9.77. The molecule has 5 atom stereocenters. The second kappa shape index (κ2) is 2.05. The molecule has 0 aliphatic heterocycles. The fourth-order valence-electron chi connectivity index (χ4n) is 3.19. The van der Waals surface area contributed by atoms with Crippen molar-refractivity contribution in [1.29, 1.82) is 0 Å². The van der Waals surface area contributed by atoms with Crippen LogP contribution in [0.25, 0.3) is 0 Å². The van der Waals surface area contributed by atoms with Crippen LogP contribution in [-0.2, 0) is 0 Å². The molecule has 76 valence electrons. The van der Waals surface area contributed by atoms with E-state index < -0.39 is 23.2 Å². The molecule has 0 amide bonds. The highest BCUT2D eigenvalue weighted by atomic mass is 16.4. The van der Waals surface area contributed by atoms with Crippen molar-refractivity contribution in [2.75, 3.05) is 0 Å². The molecule has 14 heavy (non-hydrogen) atoms. The summed E-state index contributed by atoms with van der Waals surface area (Å²) >= 11 is 0. The summed E-state index contributed by atoms with van der Waals surface area (Å²) in [7, 11) is 0. The average Bonchev–Trinajstić information content (AvgIpc) is 2.63. The molecule has 0 radical (unpaired) electrons. The summed E-state index contributed by atoms with van der Waals surface area (Å²) in [6.45, 7) is 0. The zero-order valence-corrected chi connectivity index (χ0v) is 7.46. The smallest absolute Gasteiger partial charge is 0.159 e. The van der Waals surface area contributed by atoms with Gasteiger partial charge in [0.1, 0.15) is 11.4 Å². The fraction of sp³-hybridized carbons (Fsp3) is 0.600. The minimum atomic E-state index is -1.67. The van der Waals surface area contributed by atoms with Crippen LogP contribution in [0.5, 0.6) is 0 Å². The molecule has 4 heteroatoms. The van der Waals surface area contributed by atoms with Crippen LogP contribution in [0.1, 0.15) is 6.42 Å². The standard InChI is InChI=1S/C10H12O4/c11-6-3-7(12)10(14)8(6)5-1-2-9(10,13)4-5/h1-3,5-6,8,11-14H,4H2. The van der Waals surface area contributed by atoms with Gasteiger partial charge in [-0.2, -0.15) is 0 Å². The van der Waals surface area contributed by atoms with E-state index in [0.717, 1.165) is 0 Å². The lowest BCUT2D eigenvalue weighted by molar-refractivity contribution is -0.124. The second-order valence-electron chi connectivity index (χ2n) is 4.49. The number of rotatable bonds is 0. The van der Waals surface area contributed by atoms with Crippen molar-refractivity contribution in [3.05, 3.63) is 24.0 Å². The first kappa shape index (κ1) is 8.47. The molecule has 0 heterocycles. The van der Waals surface area contributed by atoms with Crippen LogP contribution in [0.4, 0.5) is 0 Å². The molecule has 0 aromatic heterocycles. The van der Waals surface area contributed by atoms with Gasteiger partial charge in [0.25, 0.3) is 0 Å². The third-order valence-corrected chi connectivity index (χ3v) is 3.86.